The summed E-state index contributed by atoms with van der Waals surface area (Å²) in [7, 11) is 1.37. The van der Waals surface area contributed by atoms with Crippen LogP contribution in [0.5, 0.6) is 0 Å². The number of ether oxygens (including phenoxy) is 2. The average molecular weight is 748 g/mol. The zero-order valence-corrected chi connectivity index (χ0v) is 35.5. The second-order valence-electron chi connectivity index (χ2n) is 16.1. The van der Waals surface area contributed by atoms with Gasteiger partial charge in [0.05, 0.1) is 34.4 Å². The van der Waals surface area contributed by atoms with Crippen molar-refractivity contribution in [2.75, 3.05) is 54.1 Å². The molecule has 0 N–H and O–H groups in total. The van der Waals surface area contributed by atoms with E-state index in [0.29, 0.717) is 24.1 Å². The van der Waals surface area contributed by atoms with Crippen LogP contribution in [0.1, 0.15) is 206 Å². The summed E-state index contributed by atoms with van der Waals surface area (Å²) in [6.07, 6.45) is 36.7. The lowest BCUT2D eigenvalue weighted by molar-refractivity contribution is -0.870. The van der Waals surface area contributed by atoms with Crippen LogP contribution < -0.4 is 4.89 Å². The largest absolute Gasteiger partial charge is 0.756 e. The van der Waals surface area contributed by atoms with Crippen LogP contribution in [0.15, 0.2) is 0 Å². The van der Waals surface area contributed by atoms with Crippen molar-refractivity contribution >= 4 is 13.8 Å². The lowest BCUT2D eigenvalue weighted by Gasteiger charge is -2.28. The predicted molar refractivity (Wildman–Crippen MR) is 213 cm³/mol. The van der Waals surface area contributed by atoms with Crippen molar-refractivity contribution in [1.82, 2.24) is 0 Å². The SMILES string of the molecule is CCCCCCCCCCCCCCCCCOC[C@H](COP(=O)([O-])OCC[N+](C)(C)C)OC(=O)CCCCCCCCCCCCCCCC. The zero-order valence-electron chi connectivity index (χ0n) is 34.6. The first-order chi connectivity index (χ1) is 24.6. The van der Waals surface area contributed by atoms with Crippen LogP contribution in [0.25, 0.3) is 0 Å². The highest BCUT2D eigenvalue weighted by atomic mass is 31.2. The van der Waals surface area contributed by atoms with Gasteiger partial charge in [0.25, 0.3) is 7.82 Å². The van der Waals surface area contributed by atoms with E-state index in [0.717, 1.165) is 32.1 Å². The topological polar surface area (TPSA) is 94.1 Å². The zero-order chi connectivity index (χ0) is 37.7. The van der Waals surface area contributed by atoms with Crippen molar-refractivity contribution in [3.05, 3.63) is 0 Å². The number of phosphoric ester groups is 1. The van der Waals surface area contributed by atoms with Gasteiger partial charge in [-0.15, -0.1) is 0 Å². The Balaban J connectivity index is 4.19. The van der Waals surface area contributed by atoms with Gasteiger partial charge in [-0.3, -0.25) is 9.36 Å². The van der Waals surface area contributed by atoms with Gasteiger partial charge in [-0.25, -0.2) is 0 Å². The highest BCUT2D eigenvalue weighted by molar-refractivity contribution is 7.45. The Labute approximate surface area is 317 Å². The van der Waals surface area contributed by atoms with Crippen molar-refractivity contribution in [2.45, 2.75) is 213 Å². The summed E-state index contributed by atoms with van der Waals surface area (Å²) in [6.45, 7) is 5.46. The fourth-order valence-electron chi connectivity index (χ4n) is 6.25. The number of rotatable bonds is 41. The van der Waals surface area contributed by atoms with E-state index >= 15 is 0 Å². The minimum Gasteiger partial charge on any atom is -0.756 e. The van der Waals surface area contributed by atoms with E-state index in [1.54, 1.807) is 0 Å². The molecule has 0 bridgehead atoms. The van der Waals surface area contributed by atoms with Crippen LogP contribution in [0.4, 0.5) is 0 Å². The minimum atomic E-state index is -4.51. The van der Waals surface area contributed by atoms with Crippen LogP contribution in [0.3, 0.4) is 0 Å². The number of quaternary nitrogens is 1. The fraction of sp³-hybridized carbons (Fsp3) is 0.976. The van der Waals surface area contributed by atoms with Crippen LogP contribution in [0, 0.1) is 0 Å². The van der Waals surface area contributed by atoms with Gasteiger partial charge in [0.2, 0.25) is 0 Å². The predicted octanol–water partition coefficient (Wildman–Crippen LogP) is 11.9. The standard InChI is InChI=1S/C42H86NO7P/c1-6-8-10-12-14-16-18-20-22-24-26-28-30-32-34-37-47-39-41(40-49-51(45,46)48-38-36-43(3,4)5)50-42(44)35-33-31-29-27-25-23-21-19-17-15-13-11-9-7-2/h41H,6-40H2,1-5H3/t41-/m1/s1. The molecule has 0 saturated heterocycles. The van der Waals surface area contributed by atoms with E-state index in [2.05, 4.69) is 13.8 Å². The van der Waals surface area contributed by atoms with Crippen LogP contribution in [0.2, 0.25) is 0 Å². The summed E-state index contributed by atoms with van der Waals surface area (Å²) in [4.78, 5) is 25.0. The molecule has 0 aromatic carbocycles. The van der Waals surface area contributed by atoms with Gasteiger partial charge < -0.3 is 27.9 Å². The first-order valence-corrected chi connectivity index (χ1v) is 23.2. The van der Waals surface area contributed by atoms with Crippen molar-refractivity contribution in [3.8, 4) is 0 Å². The molecule has 8 nitrogen and oxygen atoms in total. The number of likely N-dealkylation sites (N-methyl/N-ethyl adjacent to an activating group) is 1. The third-order valence-electron chi connectivity index (χ3n) is 9.66. The van der Waals surface area contributed by atoms with Crippen molar-refractivity contribution in [2.24, 2.45) is 0 Å². The fourth-order valence-corrected chi connectivity index (χ4v) is 6.98. The summed E-state index contributed by atoms with van der Waals surface area (Å²) < 4.78 is 34.6. The molecule has 51 heavy (non-hydrogen) atoms. The summed E-state index contributed by atoms with van der Waals surface area (Å²) in [6, 6.07) is 0. The van der Waals surface area contributed by atoms with Crippen LogP contribution >= 0.6 is 7.82 Å². The molecule has 0 aromatic heterocycles. The number of phosphoric acid groups is 1. The van der Waals surface area contributed by atoms with Crippen LogP contribution in [-0.4, -0.2) is 70.7 Å². The Morgan fingerprint density at radius 2 is 0.902 bits per heavy atom. The number of unbranched alkanes of at least 4 members (excludes halogenated alkanes) is 27. The Morgan fingerprint density at radius 3 is 1.29 bits per heavy atom. The molecule has 0 fully saturated rings. The highest BCUT2D eigenvalue weighted by Crippen LogP contribution is 2.38. The number of hydrogen-bond donors (Lipinski definition) is 0. The van der Waals surface area contributed by atoms with Crippen molar-refractivity contribution < 1.29 is 37.3 Å². The van der Waals surface area contributed by atoms with Gasteiger partial charge in [-0.2, -0.15) is 0 Å². The normalized spacial score (nSPS) is 13.8. The second kappa shape index (κ2) is 36.5. The summed E-state index contributed by atoms with van der Waals surface area (Å²) >= 11 is 0. The van der Waals surface area contributed by atoms with Crippen LogP contribution in [-0.2, 0) is 27.9 Å². The summed E-state index contributed by atoms with van der Waals surface area (Å²) in [5.41, 5.74) is 0. The number of carbonyl (C=O) groups excluding carboxylic acids is 1. The van der Waals surface area contributed by atoms with Gasteiger partial charge in [-0.1, -0.05) is 187 Å². The molecule has 0 aliphatic heterocycles. The molecule has 2 atom stereocenters. The Bertz CT molecular complexity index is 792. The molecular formula is C42H86NO7P. The lowest BCUT2D eigenvalue weighted by Crippen LogP contribution is -2.37. The molecule has 0 saturated carbocycles. The molecule has 0 amide bonds. The molecule has 0 radical (unpaired) electrons. The van der Waals surface area contributed by atoms with Crippen molar-refractivity contribution in [1.29, 1.82) is 0 Å². The first kappa shape index (κ1) is 50.5. The van der Waals surface area contributed by atoms with E-state index in [1.807, 2.05) is 21.1 Å². The maximum Gasteiger partial charge on any atom is 0.306 e. The van der Waals surface area contributed by atoms with Gasteiger partial charge in [0, 0.05) is 13.0 Å². The van der Waals surface area contributed by atoms with E-state index in [-0.39, 0.29) is 25.8 Å². The molecule has 0 heterocycles. The number of esters is 1. The molecular weight excluding hydrogens is 661 g/mol. The quantitative estimate of drug-likeness (QED) is 0.0266. The second-order valence-corrected chi connectivity index (χ2v) is 17.5. The minimum absolute atomic E-state index is 0.0313. The monoisotopic (exact) mass is 748 g/mol. The third-order valence-corrected chi connectivity index (χ3v) is 10.6. The summed E-state index contributed by atoms with van der Waals surface area (Å²) in [5, 5.41) is 0. The Kier molecular flexibility index (Phi) is 36.1. The Morgan fingerprint density at radius 1 is 0.529 bits per heavy atom. The Hall–Kier alpha value is -0.500. The molecule has 306 valence electrons. The molecule has 0 aromatic rings. The molecule has 0 aliphatic carbocycles. The molecule has 0 spiro atoms. The third kappa shape index (κ3) is 40.5. The van der Waals surface area contributed by atoms with Gasteiger partial charge in [0.1, 0.15) is 19.3 Å². The summed E-state index contributed by atoms with van der Waals surface area (Å²) in [5.74, 6) is -0.329. The van der Waals surface area contributed by atoms with Crippen molar-refractivity contribution in [3.63, 3.8) is 0 Å². The smallest absolute Gasteiger partial charge is 0.306 e. The molecule has 9 heteroatoms. The van der Waals surface area contributed by atoms with Gasteiger partial charge in [-0.05, 0) is 12.8 Å². The maximum absolute atomic E-state index is 12.6. The van der Waals surface area contributed by atoms with E-state index in [4.69, 9.17) is 18.5 Å². The highest BCUT2D eigenvalue weighted by Gasteiger charge is 2.20. The van der Waals surface area contributed by atoms with Gasteiger partial charge >= 0.3 is 5.97 Å². The maximum atomic E-state index is 12.6. The number of nitrogens with zero attached hydrogens (tertiary/aromatic N) is 1. The first-order valence-electron chi connectivity index (χ1n) is 21.8. The van der Waals surface area contributed by atoms with E-state index in [1.165, 1.54) is 154 Å². The van der Waals surface area contributed by atoms with E-state index < -0.39 is 13.9 Å². The molecule has 0 rings (SSSR count). The van der Waals surface area contributed by atoms with E-state index in [9.17, 15) is 14.3 Å². The number of carbonyl (C=O) groups is 1. The van der Waals surface area contributed by atoms with Gasteiger partial charge in [0.15, 0.2) is 0 Å². The lowest BCUT2D eigenvalue weighted by atomic mass is 10.0. The number of hydrogen-bond acceptors (Lipinski definition) is 7. The molecule has 1 unspecified atom stereocenters. The molecule has 0 aliphatic rings. The average Bonchev–Trinajstić information content (AvgIpc) is 3.08.